The molecule has 0 spiro atoms. The number of rotatable bonds is 6. The molecule has 0 saturated carbocycles. The lowest BCUT2D eigenvalue weighted by Crippen LogP contribution is -2.53. The Labute approximate surface area is 195 Å². The summed E-state index contributed by atoms with van der Waals surface area (Å²) in [5, 5.41) is 3.51. The Morgan fingerprint density at radius 2 is 1.97 bits per heavy atom. The number of nitrogens with zero attached hydrogens (tertiary/aromatic N) is 2. The van der Waals surface area contributed by atoms with Crippen molar-refractivity contribution in [1.82, 2.24) is 14.8 Å². The number of carbonyl (C=O) groups is 3. The first kappa shape index (κ1) is 22.2. The van der Waals surface area contributed by atoms with Crippen molar-refractivity contribution in [2.24, 2.45) is 0 Å². The van der Waals surface area contributed by atoms with Gasteiger partial charge in [0.15, 0.2) is 5.11 Å². The number of hydrogen-bond acceptors (Lipinski definition) is 5. The van der Waals surface area contributed by atoms with E-state index in [-0.39, 0.29) is 17.2 Å². The van der Waals surface area contributed by atoms with Gasteiger partial charge in [-0.1, -0.05) is 36.4 Å². The fourth-order valence-corrected chi connectivity index (χ4v) is 4.03. The van der Waals surface area contributed by atoms with E-state index in [1.807, 2.05) is 41.1 Å². The molecule has 0 radical (unpaired) electrons. The van der Waals surface area contributed by atoms with Crippen molar-refractivity contribution in [3.63, 3.8) is 0 Å². The molecule has 0 atom stereocenters. The highest BCUT2D eigenvalue weighted by Gasteiger charge is 2.32. The lowest BCUT2D eigenvalue weighted by Gasteiger charge is -2.27. The van der Waals surface area contributed by atoms with Crippen LogP contribution in [0.1, 0.15) is 21.5 Å². The zero-order chi connectivity index (χ0) is 23.5. The minimum absolute atomic E-state index is 0.000965. The summed E-state index contributed by atoms with van der Waals surface area (Å²) >= 11 is 5.12. The Bertz CT molecular complexity index is 1340. The molecule has 33 heavy (non-hydrogen) atoms. The Morgan fingerprint density at radius 1 is 1.18 bits per heavy atom. The second-order valence-electron chi connectivity index (χ2n) is 7.44. The van der Waals surface area contributed by atoms with Crippen molar-refractivity contribution >= 4 is 52.1 Å². The highest BCUT2D eigenvalue weighted by atomic mass is 32.1. The highest BCUT2D eigenvalue weighted by Crippen LogP contribution is 2.26. The zero-order valence-electron chi connectivity index (χ0n) is 17.9. The van der Waals surface area contributed by atoms with Crippen molar-refractivity contribution in [3.8, 4) is 0 Å². The smallest absolute Gasteiger partial charge is 0.337 e. The van der Waals surface area contributed by atoms with Crippen LogP contribution in [0.5, 0.6) is 0 Å². The molecule has 1 aliphatic heterocycles. The number of fused-ring (bicyclic) bond motifs is 1. The average molecular weight is 460 g/mol. The summed E-state index contributed by atoms with van der Waals surface area (Å²) in [6.45, 7) is 4.33. The summed E-state index contributed by atoms with van der Waals surface area (Å²) in [6, 6.07) is 14.9. The van der Waals surface area contributed by atoms with Crippen LogP contribution in [0.25, 0.3) is 17.0 Å². The molecule has 4 rings (SSSR count). The van der Waals surface area contributed by atoms with Crippen LogP contribution in [-0.2, 0) is 20.9 Å². The summed E-state index contributed by atoms with van der Waals surface area (Å²) in [5.41, 5.74) is 3.03. The molecule has 0 unspecified atom stereocenters. The summed E-state index contributed by atoms with van der Waals surface area (Å²) in [4.78, 5) is 38.6. The molecular formula is C25H21N3O4S. The van der Waals surface area contributed by atoms with Crippen molar-refractivity contribution in [2.45, 2.75) is 6.54 Å². The van der Waals surface area contributed by atoms with E-state index in [0.29, 0.717) is 12.1 Å². The number of methoxy groups -OCH3 is 1. The third-order valence-electron chi connectivity index (χ3n) is 5.32. The maximum Gasteiger partial charge on any atom is 0.337 e. The molecule has 166 valence electrons. The van der Waals surface area contributed by atoms with Crippen molar-refractivity contribution in [3.05, 3.63) is 89.6 Å². The van der Waals surface area contributed by atoms with Crippen LogP contribution >= 0.6 is 12.2 Å². The third-order valence-corrected chi connectivity index (χ3v) is 5.64. The fourth-order valence-electron chi connectivity index (χ4n) is 3.78. The van der Waals surface area contributed by atoms with Gasteiger partial charge < -0.3 is 9.30 Å². The quantitative estimate of drug-likeness (QED) is 0.201. The highest BCUT2D eigenvalue weighted by molar-refractivity contribution is 7.80. The number of hydrogen-bond donors (Lipinski definition) is 1. The van der Waals surface area contributed by atoms with E-state index in [9.17, 15) is 14.4 Å². The van der Waals surface area contributed by atoms with E-state index in [2.05, 4.69) is 11.9 Å². The van der Waals surface area contributed by atoms with Crippen LogP contribution in [0.4, 0.5) is 0 Å². The second kappa shape index (κ2) is 9.22. The van der Waals surface area contributed by atoms with E-state index in [1.165, 1.54) is 12.0 Å². The number of para-hydroxylation sites is 1. The number of aromatic nitrogens is 1. The molecule has 1 saturated heterocycles. The van der Waals surface area contributed by atoms with Gasteiger partial charge >= 0.3 is 5.97 Å². The first-order chi connectivity index (χ1) is 15.9. The Hall–Kier alpha value is -4.04. The molecule has 3 aromatic rings. The van der Waals surface area contributed by atoms with Crippen LogP contribution < -0.4 is 5.32 Å². The van der Waals surface area contributed by atoms with Gasteiger partial charge in [0, 0.05) is 35.8 Å². The van der Waals surface area contributed by atoms with Gasteiger partial charge in [-0.3, -0.25) is 19.8 Å². The summed E-state index contributed by atoms with van der Waals surface area (Å²) in [6.07, 6.45) is 5.01. The molecule has 0 aliphatic carbocycles. The Kier molecular flexibility index (Phi) is 6.19. The van der Waals surface area contributed by atoms with E-state index < -0.39 is 17.8 Å². The Morgan fingerprint density at radius 3 is 2.73 bits per heavy atom. The fraction of sp³-hybridized carbons (Fsp3) is 0.120. The number of thiocarbonyl (C=S) groups is 1. The molecule has 1 aliphatic rings. The maximum atomic E-state index is 12.9. The number of carbonyl (C=O) groups excluding carboxylic acids is 3. The number of nitrogens with one attached hydrogen (secondary N) is 1. The summed E-state index contributed by atoms with van der Waals surface area (Å²) < 4.78 is 6.82. The first-order valence-corrected chi connectivity index (χ1v) is 10.6. The summed E-state index contributed by atoms with van der Waals surface area (Å²) in [7, 11) is 1.35. The molecule has 2 aromatic carbocycles. The van der Waals surface area contributed by atoms with Crippen LogP contribution in [0.3, 0.4) is 0 Å². The normalized spacial score (nSPS) is 15.1. The van der Waals surface area contributed by atoms with E-state index >= 15 is 0 Å². The third kappa shape index (κ3) is 4.33. The van der Waals surface area contributed by atoms with Crippen LogP contribution in [0, 0.1) is 0 Å². The van der Waals surface area contributed by atoms with Crippen LogP contribution in [-0.4, -0.2) is 46.0 Å². The topological polar surface area (TPSA) is 80.6 Å². The zero-order valence-corrected chi connectivity index (χ0v) is 18.7. The van der Waals surface area contributed by atoms with Gasteiger partial charge in [0.05, 0.1) is 12.7 Å². The molecule has 7 nitrogen and oxygen atoms in total. The molecular weight excluding hydrogens is 438 g/mol. The van der Waals surface area contributed by atoms with Crippen molar-refractivity contribution in [1.29, 1.82) is 0 Å². The molecule has 0 bridgehead atoms. The molecule has 8 heteroatoms. The lowest BCUT2D eigenvalue weighted by molar-refractivity contribution is -0.128. The second-order valence-corrected chi connectivity index (χ2v) is 7.83. The number of ether oxygens (including phenoxy) is 1. The van der Waals surface area contributed by atoms with Gasteiger partial charge in [0.2, 0.25) is 0 Å². The minimum Gasteiger partial charge on any atom is -0.465 e. The number of esters is 1. The van der Waals surface area contributed by atoms with Gasteiger partial charge in [-0.25, -0.2) is 4.79 Å². The van der Waals surface area contributed by atoms with Crippen LogP contribution in [0.15, 0.2) is 73.0 Å². The number of benzene rings is 2. The van der Waals surface area contributed by atoms with Crippen molar-refractivity contribution < 1.29 is 19.1 Å². The monoisotopic (exact) mass is 459 g/mol. The van der Waals surface area contributed by atoms with Crippen molar-refractivity contribution in [2.75, 3.05) is 13.7 Å². The molecule has 2 amide bonds. The van der Waals surface area contributed by atoms with Gasteiger partial charge in [-0.05, 0) is 42.1 Å². The van der Waals surface area contributed by atoms with E-state index in [4.69, 9.17) is 17.0 Å². The number of amides is 2. The predicted molar refractivity (Wildman–Crippen MR) is 129 cm³/mol. The molecule has 1 fully saturated rings. The minimum atomic E-state index is -0.534. The standard InChI is InChI=1S/C25H21N3O4S/c1-3-11-28-23(30)20(22(29)26-25(28)33)13-18-15-27(21-10-5-4-9-19(18)21)14-16-7-6-8-17(12-16)24(31)32-2/h3-10,12-13,15H,1,11,14H2,2H3,(H,26,29,33). The van der Waals surface area contributed by atoms with E-state index in [0.717, 1.165) is 22.0 Å². The predicted octanol–water partition coefficient (Wildman–Crippen LogP) is 3.29. The first-order valence-electron chi connectivity index (χ1n) is 10.2. The van der Waals surface area contributed by atoms with Gasteiger partial charge in [0.1, 0.15) is 5.57 Å². The van der Waals surface area contributed by atoms with Gasteiger partial charge in [0.25, 0.3) is 11.8 Å². The average Bonchev–Trinajstić information content (AvgIpc) is 3.16. The summed E-state index contributed by atoms with van der Waals surface area (Å²) in [5.74, 6) is -1.40. The van der Waals surface area contributed by atoms with Crippen LogP contribution in [0.2, 0.25) is 0 Å². The maximum absolute atomic E-state index is 12.9. The Balaban J connectivity index is 1.74. The van der Waals surface area contributed by atoms with E-state index in [1.54, 1.807) is 30.4 Å². The molecule has 2 heterocycles. The molecule has 1 aromatic heterocycles. The largest absolute Gasteiger partial charge is 0.465 e. The van der Waals surface area contributed by atoms with Gasteiger partial charge in [-0.15, -0.1) is 6.58 Å². The molecule has 1 N–H and O–H groups in total. The lowest BCUT2D eigenvalue weighted by atomic mass is 10.1. The van der Waals surface area contributed by atoms with Gasteiger partial charge in [-0.2, -0.15) is 0 Å². The SMILES string of the molecule is C=CCN1C(=O)C(=Cc2cn(Cc3cccc(C(=O)OC)c3)c3ccccc23)C(=O)NC1=S.